The maximum absolute atomic E-state index is 11.1. The lowest BCUT2D eigenvalue weighted by Gasteiger charge is -1.94. The van der Waals surface area contributed by atoms with E-state index in [2.05, 4.69) is 14.8 Å². The van der Waals surface area contributed by atoms with Gasteiger partial charge in [0.25, 0.3) is 0 Å². The van der Waals surface area contributed by atoms with E-state index in [1.807, 2.05) is 0 Å². The van der Waals surface area contributed by atoms with Gasteiger partial charge >= 0.3 is 11.9 Å². The highest BCUT2D eigenvalue weighted by Crippen LogP contribution is 2.11. The Morgan fingerprint density at radius 3 is 3.00 bits per heavy atom. The monoisotopic (exact) mass is 252 g/mol. The van der Waals surface area contributed by atoms with Crippen molar-refractivity contribution in [2.45, 2.75) is 6.54 Å². The predicted molar refractivity (Wildman–Crippen MR) is 55.8 cm³/mol. The van der Waals surface area contributed by atoms with Crippen molar-refractivity contribution in [2.24, 2.45) is 0 Å². The summed E-state index contributed by atoms with van der Waals surface area (Å²) in [6.45, 7) is 0.137. The first-order chi connectivity index (χ1) is 8.60. The summed E-state index contributed by atoms with van der Waals surface area (Å²) in [4.78, 5) is 24.3. The third-order valence-corrected chi connectivity index (χ3v) is 2.05. The van der Waals surface area contributed by atoms with Crippen molar-refractivity contribution in [3.8, 4) is 0 Å². The topological polar surface area (TPSA) is 113 Å². The molecule has 2 heterocycles. The van der Waals surface area contributed by atoms with Gasteiger partial charge in [-0.05, 0) is 17.1 Å². The molecular weight excluding hydrogens is 244 g/mol. The molecule has 0 spiro atoms. The van der Waals surface area contributed by atoms with Crippen molar-refractivity contribution in [3.63, 3.8) is 0 Å². The van der Waals surface area contributed by atoms with Crippen molar-refractivity contribution in [1.29, 1.82) is 0 Å². The third kappa shape index (κ3) is 2.34. The van der Waals surface area contributed by atoms with E-state index in [1.165, 1.54) is 24.2 Å². The molecule has 0 aliphatic rings. The average Bonchev–Trinajstić information content (AvgIpc) is 2.98. The van der Waals surface area contributed by atoms with Crippen LogP contribution in [-0.2, 0) is 11.3 Å². The Labute approximate surface area is 100 Å². The standard InChI is InChI=1S/C9H8N4O5/c1-17-8(14)7-3-2-6(18-7)4-12-5-10-9(11-12)13(15)16/h2-3,5H,4H2,1H3. The number of nitro groups is 1. The molecule has 0 aromatic carbocycles. The molecule has 0 saturated heterocycles. The number of rotatable bonds is 4. The van der Waals surface area contributed by atoms with Crippen LogP contribution in [0.15, 0.2) is 22.9 Å². The molecule has 18 heavy (non-hydrogen) atoms. The van der Waals surface area contributed by atoms with Crippen molar-refractivity contribution in [1.82, 2.24) is 14.8 Å². The van der Waals surface area contributed by atoms with Gasteiger partial charge in [0.1, 0.15) is 12.3 Å². The average molecular weight is 252 g/mol. The van der Waals surface area contributed by atoms with Crippen LogP contribution in [0.1, 0.15) is 16.3 Å². The Morgan fingerprint density at radius 2 is 2.39 bits per heavy atom. The predicted octanol–water partition coefficient (Wildman–Crippen LogP) is 0.614. The van der Waals surface area contributed by atoms with Crippen molar-refractivity contribution in [2.75, 3.05) is 7.11 Å². The molecule has 0 fully saturated rings. The molecular formula is C9H8N4O5. The maximum atomic E-state index is 11.1. The van der Waals surface area contributed by atoms with Crippen LogP contribution in [-0.4, -0.2) is 32.8 Å². The number of carbonyl (C=O) groups is 1. The summed E-state index contributed by atoms with van der Waals surface area (Å²) >= 11 is 0. The fraction of sp³-hybridized carbons (Fsp3) is 0.222. The molecule has 0 unspecified atom stereocenters. The van der Waals surface area contributed by atoms with E-state index in [0.717, 1.165) is 0 Å². The van der Waals surface area contributed by atoms with Gasteiger partial charge in [-0.15, -0.1) is 0 Å². The van der Waals surface area contributed by atoms with Crippen molar-refractivity contribution >= 4 is 11.9 Å². The van der Waals surface area contributed by atoms with E-state index in [9.17, 15) is 14.9 Å². The highest BCUT2D eigenvalue weighted by molar-refractivity contribution is 5.86. The van der Waals surface area contributed by atoms with E-state index >= 15 is 0 Å². The number of methoxy groups -OCH3 is 1. The summed E-state index contributed by atoms with van der Waals surface area (Å²) in [5.74, 6) is -0.613. The summed E-state index contributed by atoms with van der Waals surface area (Å²) in [6.07, 6.45) is 1.21. The number of nitrogens with zero attached hydrogens (tertiary/aromatic N) is 4. The summed E-state index contributed by atoms with van der Waals surface area (Å²) in [5, 5.41) is 14.0. The lowest BCUT2D eigenvalue weighted by molar-refractivity contribution is -0.394. The van der Waals surface area contributed by atoms with Gasteiger partial charge in [-0.1, -0.05) is 4.98 Å². The SMILES string of the molecule is COC(=O)c1ccc(Cn2cnc([N+](=O)[O-])n2)o1. The van der Waals surface area contributed by atoms with Crippen LogP contribution in [0.2, 0.25) is 0 Å². The second-order valence-electron chi connectivity index (χ2n) is 3.26. The van der Waals surface area contributed by atoms with Gasteiger partial charge in [0.15, 0.2) is 0 Å². The van der Waals surface area contributed by atoms with Gasteiger partial charge in [0.05, 0.1) is 7.11 Å². The van der Waals surface area contributed by atoms with E-state index in [-0.39, 0.29) is 12.3 Å². The second-order valence-corrected chi connectivity index (χ2v) is 3.26. The molecule has 0 radical (unpaired) electrons. The zero-order valence-corrected chi connectivity index (χ0v) is 9.27. The molecule has 9 nitrogen and oxygen atoms in total. The highest BCUT2D eigenvalue weighted by Gasteiger charge is 2.16. The van der Waals surface area contributed by atoms with Crippen LogP contribution in [0.4, 0.5) is 5.95 Å². The molecule has 94 valence electrons. The molecule has 2 rings (SSSR count). The number of ether oxygens (including phenoxy) is 1. The molecule has 0 N–H and O–H groups in total. The minimum absolute atomic E-state index is 0.0575. The van der Waals surface area contributed by atoms with Gasteiger partial charge in [-0.3, -0.25) is 0 Å². The van der Waals surface area contributed by atoms with Gasteiger partial charge in [-0.2, -0.15) is 4.68 Å². The first-order valence-electron chi connectivity index (χ1n) is 4.81. The van der Waals surface area contributed by atoms with Gasteiger partial charge in [0.2, 0.25) is 12.1 Å². The number of aromatic nitrogens is 3. The van der Waals surface area contributed by atoms with Gasteiger partial charge < -0.3 is 19.3 Å². The normalized spacial score (nSPS) is 10.3. The fourth-order valence-electron chi connectivity index (χ4n) is 1.28. The van der Waals surface area contributed by atoms with Crippen LogP contribution < -0.4 is 0 Å². The summed E-state index contributed by atoms with van der Waals surface area (Å²) in [6, 6.07) is 3.01. The Kier molecular flexibility index (Phi) is 3.04. The largest absolute Gasteiger partial charge is 0.490 e. The molecule has 0 aliphatic heterocycles. The second kappa shape index (κ2) is 4.65. The van der Waals surface area contributed by atoms with Crippen LogP contribution in [0.25, 0.3) is 0 Å². The minimum Gasteiger partial charge on any atom is -0.463 e. The van der Waals surface area contributed by atoms with Crippen LogP contribution in [0.5, 0.6) is 0 Å². The zero-order chi connectivity index (χ0) is 13.1. The van der Waals surface area contributed by atoms with Crippen LogP contribution in [0.3, 0.4) is 0 Å². The number of esters is 1. The van der Waals surface area contributed by atoms with Gasteiger partial charge in [0, 0.05) is 5.10 Å². The lowest BCUT2D eigenvalue weighted by atomic mass is 10.4. The Hall–Kier alpha value is -2.71. The first-order valence-corrected chi connectivity index (χ1v) is 4.81. The Morgan fingerprint density at radius 1 is 1.61 bits per heavy atom. The molecule has 2 aromatic heterocycles. The Bertz CT molecular complexity index is 587. The quantitative estimate of drug-likeness (QED) is 0.445. The van der Waals surface area contributed by atoms with Crippen LogP contribution >= 0.6 is 0 Å². The number of hydrogen-bond donors (Lipinski definition) is 0. The molecule has 9 heteroatoms. The van der Waals surface area contributed by atoms with E-state index in [1.54, 1.807) is 6.07 Å². The maximum Gasteiger partial charge on any atom is 0.490 e. The zero-order valence-electron chi connectivity index (χ0n) is 9.27. The molecule has 0 bridgehead atoms. The Balaban J connectivity index is 2.11. The van der Waals surface area contributed by atoms with Crippen molar-refractivity contribution < 1.29 is 18.9 Å². The fourth-order valence-corrected chi connectivity index (χ4v) is 1.28. The van der Waals surface area contributed by atoms with Gasteiger partial charge in [-0.25, -0.2) is 4.79 Å². The number of hydrogen-bond acceptors (Lipinski definition) is 7. The molecule has 2 aromatic rings. The number of furan rings is 1. The number of carbonyl (C=O) groups excluding carboxylic acids is 1. The molecule has 0 aliphatic carbocycles. The first kappa shape index (κ1) is 11.8. The summed E-state index contributed by atoms with van der Waals surface area (Å²) in [5.41, 5.74) is 0. The smallest absolute Gasteiger partial charge is 0.463 e. The van der Waals surface area contributed by atoms with E-state index in [0.29, 0.717) is 5.76 Å². The third-order valence-electron chi connectivity index (χ3n) is 2.05. The summed E-state index contributed by atoms with van der Waals surface area (Å²) in [7, 11) is 1.24. The lowest BCUT2D eigenvalue weighted by Crippen LogP contribution is -2.01. The van der Waals surface area contributed by atoms with Crippen LogP contribution in [0, 0.1) is 10.1 Å². The molecule has 0 atom stereocenters. The molecule has 0 amide bonds. The minimum atomic E-state index is -0.696. The molecule has 0 saturated carbocycles. The van der Waals surface area contributed by atoms with E-state index < -0.39 is 16.8 Å². The highest BCUT2D eigenvalue weighted by atomic mass is 16.6. The summed E-state index contributed by atoms with van der Waals surface area (Å²) < 4.78 is 10.9. The van der Waals surface area contributed by atoms with E-state index in [4.69, 9.17) is 4.42 Å². The van der Waals surface area contributed by atoms with Crippen molar-refractivity contribution in [3.05, 3.63) is 40.1 Å².